The van der Waals surface area contributed by atoms with Gasteiger partial charge >= 0.3 is 0 Å². The highest BCUT2D eigenvalue weighted by atomic mass is 16.1. The van der Waals surface area contributed by atoms with Crippen molar-refractivity contribution in [3.05, 3.63) is 53.6 Å². The molecule has 2 rings (SSSR count). The Hall–Kier alpha value is -1.90. The summed E-state index contributed by atoms with van der Waals surface area (Å²) in [5.41, 5.74) is 3.26. The standard InChI is InChI=1S/C15H18N2O/c1-15(2,3)13-6-4-12(5-7-13)9-17-11-16-8-14(17)10-18/h4-8,10-11H,9H2,1-3H3. The van der Waals surface area contributed by atoms with Crippen LogP contribution in [0.1, 0.15) is 42.4 Å². The van der Waals surface area contributed by atoms with Crippen LogP contribution < -0.4 is 0 Å². The van der Waals surface area contributed by atoms with Gasteiger partial charge < -0.3 is 4.57 Å². The Morgan fingerprint density at radius 2 is 1.89 bits per heavy atom. The second kappa shape index (κ2) is 4.77. The highest BCUT2D eigenvalue weighted by molar-refractivity contribution is 5.71. The van der Waals surface area contributed by atoms with Crippen molar-refractivity contribution in [2.24, 2.45) is 0 Å². The number of hydrogen-bond donors (Lipinski definition) is 0. The fourth-order valence-electron chi connectivity index (χ4n) is 1.87. The third-order valence-electron chi connectivity index (χ3n) is 3.04. The molecule has 1 aromatic heterocycles. The van der Waals surface area contributed by atoms with E-state index in [1.807, 2.05) is 4.57 Å². The summed E-state index contributed by atoms with van der Waals surface area (Å²) in [6.07, 6.45) is 4.09. The number of carbonyl (C=O) groups excluding carboxylic acids is 1. The molecule has 0 aliphatic heterocycles. The van der Waals surface area contributed by atoms with E-state index in [4.69, 9.17) is 0 Å². The maximum absolute atomic E-state index is 10.8. The third-order valence-corrected chi connectivity index (χ3v) is 3.04. The Morgan fingerprint density at radius 1 is 1.22 bits per heavy atom. The molecule has 0 amide bonds. The minimum absolute atomic E-state index is 0.168. The summed E-state index contributed by atoms with van der Waals surface area (Å²) in [7, 11) is 0. The first-order valence-corrected chi connectivity index (χ1v) is 6.05. The van der Waals surface area contributed by atoms with Crippen LogP contribution in [0, 0.1) is 0 Å². The fourth-order valence-corrected chi connectivity index (χ4v) is 1.87. The minimum atomic E-state index is 0.168. The van der Waals surface area contributed by atoms with E-state index < -0.39 is 0 Å². The molecule has 3 heteroatoms. The molecule has 0 saturated heterocycles. The Morgan fingerprint density at radius 3 is 2.44 bits per heavy atom. The molecule has 0 aliphatic rings. The zero-order valence-electron chi connectivity index (χ0n) is 11.1. The molecule has 1 aromatic carbocycles. The Balaban J connectivity index is 2.19. The zero-order valence-corrected chi connectivity index (χ0v) is 11.1. The average molecular weight is 242 g/mol. The number of nitrogens with zero attached hydrogens (tertiary/aromatic N) is 2. The van der Waals surface area contributed by atoms with Crippen molar-refractivity contribution in [1.82, 2.24) is 9.55 Å². The minimum Gasteiger partial charge on any atom is -0.324 e. The molecule has 2 aromatic rings. The van der Waals surface area contributed by atoms with E-state index in [0.717, 1.165) is 6.29 Å². The van der Waals surface area contributed by atoms with Gasteiger partial charge in [-0.3, -0.25) is 4.79 Å². The van der Waals surface area contributed by atoms with Gasteiger partial charge in [0, 0.05) is 6.54 Å². The van der Waals surface area contributed by atoms with Crippen molar-refractivity contribution < 1.29 is 4.79 Å². The van der Waals surface area contributed by atoms with Crippen LogP contribution in [0.15, 0.2) is 36.8 Å². The number of aldehydes is 1. The van der Waals surface area contributed by atoms with Gasteiger partial charge in [-0.25, -0.2) is 4.98 Å². The molecule has 0 saturated carbocycles. The van der Waals surface area contributed by atoms with E-state index in [2.05, 4.69) is 50.0 Å². The first kappa shape index (κ1) is 12.6. The second-order valence-corrected chi connectivity index (χ2v) is 5.51. The van der Waals surface area contributed by atoms with Gasteiger partial charge in [0.05, 0.1) is 12.5 Å². The number of benzene rings is 1. The van der Waals surface area contributed by atoms with Gasteiger partial charge in [0.2, 0.25) is 0 Å². The Kier molecular flexibility index (Phi) is 3.32. The lowest BCUT2D eigenvalue weighted by atomic mass is 9.87. The first-order valence-electron chi connectivity index (χ1n) is 6.05. The molecule has 1 heterocycles. The van der Waals surface area contributed by atoms with Crippen LogP contribution in [0.2, 0.25) is 0 Å². The fraction of sp³-hybridized carbons (Fsp3) is 0.333. The summed E-state index contributed by atoms with van der Waals surface area (Å²) in [5.74, 6) is 0. The molecule has 0 bridgehead atoms. The van der Waals surface area contributed by atoms with Gasteiger partial charge in [0.15, 0.2) is 6.29 Å². The quantitative estimate of drug-likeness (QED) is 0.775. The Labute approximate surface area is 107 Å². The number of carbonyl (C=O) groups is 1. The maximum Gasteiger partial charge on any atom is 0.168 e. The monoisotopic (exact) mass is 242 g/mol. The van der Waals surface area contributed by atoms with Gasteiger partial charge in [-0.15, -0.1) is 0 Å². The smallest absolute Gasteiger partial charge is 0.168 e. The summed E-state index contributed by atoms with van der Waals surface area (Å²) >= 11 is 0. The van der Waals surface area contributed by atoms with Gasteiger partial charge in [0.25, 0.3) is 0 Å². The average Bonchev–Trinajstić information content (AvgIpc) is 2.76. The van der Waals surface area contributed by atoms with Crippen molar-refractivity contribution in [3.63, 3.8) is 0 Å². The van der Waals surface area contributed by atoms with Gasteiger partial charge in [-0.2, -0.15) is 0 Å². The van der Waals surface area contributed by atoms with Gasteiger partial charge in [-0.05, 0) is 16.5 Å². The highest BCUT2D eigenvalue weighted by Crippen LogP contribution is 2.22. The largest absolute Gasteiger partial charge is 0.324 e. The van der Waals surface area contributed by atoms with Crippen LogP contribution in [-0.4, -0.2) is 15.8 Å². The lowest BCUT2D eigenvalue weighted by molar-refractivity contribution is 0.111. The summed E-state index contributed by atoms with van der Waals surface area (Å²) in [6, 6.07) is 8.50. The summed E-state index contributed by atoms with van der Waals surface area (Å²) in [6.45, 7) is 7.27. The lowest BCUT2D eigenvalue weighted by Gasteiger charge is -2.19. The van der Waals surface area contributed by atoms with Crippen LogP contribution in [0.4, 0.5) is 0 Å². The van der Waals surface area contributed by atoms with E-state index in [-0.39, 0.29) is 5.41 Å². The van der Waals surface area contributed by atoms with Crippen molar-refractivity contribution >= 4 is 6.29 Å². The molecule has 94 valence electrons. The summed E-state index contributed by atoms with van der Waals surface area (Å²) < 4.78 is 1.85. The molecule has 0 N–H and O–H groups in total. The molecule has 0 spiro atoms. The summed E-state index contributed by atoms with van der Waals surface area (Å²) in [5, 5.41) is 0. The van der Waals surface area contributed by atoms with Crippen molar-refractivity contribution in [1.29, 1.82) is 0 Å². The van der Waals surface area contributed by atoms with E-state index in [1.165, 1.54) is 11.1 Å². The third kappa shape index (κ3) is 2.67. The van der Waals surface area contributed by atoms with Crippen LogP contribution in [0.3, 0.4) is 0 Å². The van der Waals surface area contributed by atoms with E-state index in [1.54, 1.807) is 12.5 Å². The number of rotatable bonds is 3. The van der Waals surface area contributed by atoms with Crippen molar-refractivity contribution in [2.75, 3.05) is 0 Å². The van der Waals surface area contributed by atoms with Crippen LogP contribution >= 0.6 is 0 Å². The molecule has 0 unspecified atom stereocenters. The van der Waals surface area contributed by atoms with E-state index in [9.17, 15) is 4.79 Å². The predicted molar refractivity (Wildman–Crippen MR) is 71.9 cm³/mol. The normalized spacial score (nSPS) is 11.5. The maximum atomic E-state index is 10.8. The van der Waals surface area contributed by atoms with Crippen LogP contribution in [-0.2, 0) is 12.0 Å². The van der Waals surface area contributed by atoms with Crippen molar-refractivity contribution in [3.8, 4) is 0 Å². The first-order chi connectivity index (χ1) is 8.50. The topological polar surface area (TPSA) is 34.9 Å². The molecule has 0 atom stereocenters. The molecule has 0 aliphatic carbocycles. The van der Waals surface area contributed by atoms with Crippen molar-refractivity contribution in [2.45, 2.75) is 32.7 Å². The van der Waals surface area contributed by atoms with Gasteiger partial charge in [0.1, 0.15) is 5.69 Å². The van der Waals surface area contributed by atoms with Gasteiger partial charge in [-0.1, -0.05) is 45.0 Å². The van der Waals surface area contributed by atoms with E-state index >= 15 is 0 Å². The molecular weight excluding hydrogens is 224 g/mol. The summed E-state index contributed by atoms with van der Waals surface area (Å²) in [4.78, 5) is 14.8. The van der Waals surface area contributed by atoms with Crippen LogP contribution in [0.5, 0.6) is 0 Å². The molecule has 0 fully saturated rings. The second-order valence-electron chi connectivity index (χ2n) is 5.51. The SMILES string of the molecule is CC(C)(C)c1ccc(Cn2cncc2C=O)cc1. The molecular formula is C15H18N2O. The molecule has 0 radical (unpaired) electrons. The van der Waals surface area contributed by atoms with Crippen LogP contribution in [0.25, 0.3) is 0 Å². The van der Waals surface area contributed by atoms with E-state index in [0.29, 0.717) is 12.2 Å². The lowest BCUT2D eigenvalue weighted by Crippen LogP contribution is -2.11. The Bertz CT molecular complexity index is 532. The molecule has 3 nitrogen and oxygen atoms in total. The number of imidazole rings is 1. The zero-order chi connectivity index (χ0) is 13.2. The predicted octanol–water partition coefficient (Wildman–Crippen LogP) is 3.04. The molecule has 18 heavy (non-hydrogen) atoms. The number of hydrogen-bond acceptors (Lipinski definition) is 2. The highest BCUT2D eigenvalue weighted by Gasteiger charge is 2.12. The number of aromatic nitrogens is 2.